The van der Waals surface area contributed by atoms with E-state index in [0.29, 0.717) is 30.2 Å². The molecular weight excluding hydrogens is 358 g/mol. The Balaban J connectivity index is 1.63. The highest BCUT2D eigenvalue weighted by Crippen LogP contribution is 2.34. The number of H-pyrrole nitrogens is 1. The first-order valence-corrected chi connectivity index (χ1v) is 8.94. The van der Waals surface area contributed by atoms with Gasteiger partial charge < -0.3 is 24.7 Å². The fraction of sp³-hybridized carbons (Fsp3) is 0.250. The van der Waals surface area contributed by atoms with Crippen LogP contribution < -0.4 is 14.8 Å². The summed E-state index contributed by atoms with van der Waals surface area (Å²) in [5.74, 6) is 1.15. The predicted octanol–water partition coefficient (Wildman–Crippen LogP) is 3.00. The van der Waals surface area contributed by atoms with Gasteiger partial charge in [0.1, 0.15) is 6.04 Å². The van der Waals surface area contributed by atoms with Crippen molar-refractivity contribution in [2.24, 2.45) is 0 Å². The molecule has 0 fully saturated rings. The van der Waals surface area contributed by atoms with Gasteiger partial charge in [0, 0.05) is 36.6 Å². The van der Waals surface area contributed by atoms with Crippen LogP contribution in [0, 0.1) is 0 Å². The van der Waals surface area contributed by atoms with Crippen LogP contribution in [0.5, 0.6) is 11.5 Å². The van der Waals surface area contributed by atoms with Crippen molar-refractivity contribution in [3.05, 3.63) is 66.0 Å². The van der Waals surface area contributed by atoms with Crippen molar-refractivity contribution in [3.8, 4) is 11.5 Å². The third-order valence-electron chi connectivity index (χ3n) is 4.79. The summed E-state index contributed by atoms with van der Waals surface area (Å²) in [5.41, 5.74) is 3.26. The van der Waals surface area contributed by atoms with Crippen molar-refractivity contribution < 1.29 is 14.3 Å². The first-order chi connectivity index (χ1) is 13.7. The molecule has 144 valence electrons. The van der Waals surface area contributed by atoms with E-state index >= 15 is 0 Å². The number of methoxy groups -OCH3 is 2. The molecule has 1 atom stereocenters. The average Bonchev–Trinajstić information content (AvgIpc) is 3.22. The fourth-order valence-electron chi connectivity index (χ4n) is 3.44. The normalized spacial score (nSPS) is 15.6. The highest BCUT2D eigenvalue weighted by Gasteiger charge is 2.35. The van der Waals surface area contributed by atoms with Crippen LogP contribution in [0.25, 0.3) is 0 Å². The predicted molar refractivity (Wildman–Crippen MR) is 104 cm³/mol. The van der Waals surface area contributed by atoms with Gasteiger partial charge in [0.2, 0.25) is 0 Å². The number of ether oxygens (including phenoxy) is 2. The minimum Gasteiger partial charge on any atom is -0.493 e. The Morgan fingerprint density at radius 3 is 2.79 bits per heavy atom. The first kappa shape index (κ1) is 17.8. The van der Waals surface area contributed by atoms with E-state index in [1.165, 1.54) is 0 Å². The van der Waals surface area contributed by atoms with Gasteiger partial charge in [0.15, 0.2) is 11.5 Å². The summed E-state index contributed by atoms with van der Waals surface area (Å²) in [4.78, 5) is 26.9. The highest BCUT2D eigenvalue weighted by molar-refractivity contribution is 5.90. The number of nitrogens with one attached hydrogen (secondary N) is 2. The molecule has 4 rings (SSSR count). The van der Waals surface area contributed by atoms with Gasteiger partial charge in [0.25, 0.3) is 0 Å². The molecule has 1 aromatic carbocycles. The number of anilines is 1. The number of imidazole rings is 1. The lowest BCUT2D eigenvalue weighted by atomic mass is 10.00. The van der Waals surface area contributed by atoms with E-state index in [0.717, 1.165) is 17.1 Å². The maximum atomic E-state index is 13.1. The first-order valence-electron chi connectivity index (χ1n) is 8.94. The number of amides is 2. The summed E-state index contributed by atoms with van der Waals surface area (Å²) in [6, 6.07) is 10.4. The van der Waals surface area contributed by atoms with Gasteiger partial charge in [-0.05, 0) is 24.3 Å². The largest absolute Gasteiger partial charge is 0.493 e. The minimum atomic E-state index is -0.351. The zero-order valence-electron chi connectivity index (χ0n) is 15.7. The Bertz CT molecular complexity index is 973. The zero-order valence-corrected chi connectivity index (χ0v) is 15.7. The number of carbonyl (C=O) groups excluding carboxylic acids is 1. The Labute approximate surface area is 162 Å². The Kier molecular flexibility index (Phi) is 4.84. The molecule has 1 aliphatic rings. The molecular formula is C20H21N5O3. The third kappa shape index (κ3) is 3.24. The van der Waals surface area contributed by atoms with Crippen molar-refractivity contribution in [1.29, 1.82) is 0 Å². The smallest absolute Gasteiger partial charge is 0.322 e. The number of carbonyl (C=O) groups is 1. The second-order valence-electron chi connectivity index (χ2n) is 6.37. The second-order valence-corrected chi connectivity index (χ2v) is 6.37. The van der Waals surface area contributed by atoms with Gasteiger partial charge in [-0.2, -0.15) is 0 Å². The number of nitrogens with zero attached hydrogens (tertiary/aromatic N) is 3. The lowest BCUT2D eigenvalue weighted by molar-refractivity contribution is 0.191. The second kappa shape index (κ2) is 7.59. The third-order valence-corrected chi connectivity index (χ3v) is 4.79. The van der Waals surface area contributed by atoms with Gasteiger partial charge >= 0.3 is 6.03 Å². The summed E-state index contributed by atoms with van der Waals surface area (Å²) >= 11 is 0. The van der Waals surface area contributed by atoms with Gasteiger partial charge in [-0.3, -0.25) is 4.98 Å². The highest BCUT2D eigenvalue weighted by atomic mass is 16.5. The van der Waals surface area contributed by atoms with Crippen molar-refractivity contribution in [2.75, 3.05) is 26.1 Å². The molecule has 8 heteroatoms. The maximum Gasteiger partial charge on any atom is 0.322 e. The summed E-state index contributed by atoms with van der Waals surface area (Å²) < 4.78 is 10.6. The minimum absolute atomic E-state index is 0.225. The number of rotatable bonds is 4. The summed E-state index contributed by atoms with van der Waals surface area (Å²) in [6.45, 7) is 0.551. The molecule has 1 aliphatic heterocycles. The van der Waals surface area contributed by atoms with Crippen LogP contribution in [0.4, 0.5) is 10.5 Å². The van der Waals surface area contributed by atoms with Crippen LogP contribution >= 0.6 is 0 Å². The molecule has 0 spiro atoms. The topological polar surface area (TPSA) is 92.4 Å². The lowest BCUT2D eigenvalue weighted by Crippen LogP contribution is -2.43. The van der Waals surface area contributed by atoms with E-state index in [-0.39, 0.29) is 12.1 Å². The van der Waals surface area contributed by atoms with Crippen LogP contribution in [-0.2, 0) is 6.42 Å². The van der Waals surface area contributed by atoms with Crippen molar-refractivity contribution in [1.82, 2.24) is 19.9 Å². The monoisotopic (exact) mass is 379 g/mol. The maximum absolute atomic E-state index is 13.1. The summed E-state index contributed by atoms with van der Waals surface area (Å²) in [5, 5.41) is 2.95. The lowest BCUT2D eigenvalue weighted by Gasteiger charge is -2.34. The van der Waals surface area contributed by atoms with Crippen LogP contribution in [0.15, 0.2) is 48.9 Å². The van der Waals surface area contributed by atoms with E-state index in [4.69, 9.17) is 9.47 Å². The molecule has 0 saturated heterocycles. The Hall–Kier alpha value is -3.55. The number of hydrogen-bond donors (Lipinski definition) is 2. The number of fused-ring (bicyclic) bond motifs is 1. The standard InChI is InChI=1S/C20H21N5O3/c1-27-16-7-6-13(11-17(16)28-2)24-20(26)25-10-8-14-18(23-12-22-14)19(25)15-5-3-4-9-21-15/h3-7,9,11-12,19H,8,10H2,1-2H3,(H,22,23)(H,24,26)/t19-/m0/s1. The molecule has 0 bridgehead atoms. The number of benzene rings is 1. The number of aromatic amines is 1. The molecule has 28 heavy (non-hydrogen) atoms. The fourth-order valence-corrected chi connectivity index (χ4v) is 3.44. The Morgan fingerprint density at radius 1 is 1.18 bits per heavy atom. The van der Waals surface area contributed by atoms with E-state index in [2.05, 4.69) is 20.3 Å². The molecule has 3 aromatic rings. The van der Waals surface area contributed by atoms with Crippen molar-refractivity contribution in [2.45, 2.75) is 12.5 Å². The molecule has 3 heterocycles. The van der Waals surface area contributed by atoms with Gasteiger partial charge in [-0.15, -0.1) is 0 Å². The van der Waals surface area contributed by atoms with Gasteiger partial charge in [-0.25, -0.2) is 9.78 Å². The van der Waals surface area contributed by atoms with Crippen molar-refractivity contribution in [3.63, 3.8) is 0 Å². The number of aromatic nitrogens is 3. The van der Waals surface area contributed by atoms with Crippen LogP contribution in [0.3, 0.4) is 0 Å². The van der Waals surface area contributed by atoms with Gasteiger partial charge in [-0.1, -0.05) is 6.07 Å². The van der Waals surface area contributed by atoms with Crippen LogP contribution in [-0.4, -0.2) is 46.6 Å². The SMILES string of the molecule is COc1ccc(NC(=O)N2CCc3[nH]cnc3[C@@H]2c2ccccn2)cc1OC. The molecule has 8 nitrogen and oxygen atoms in total. The quantitative estimate of drug-likeness (QED) is 0.727. The summed E-state index contributed by atoms with van der Waals surface area (Å²) in [6.07, 6.45) is 4.09. The van der Waals surface area contributed by atoms with E-state index in [1.54, 1.807) is 49.8 Å². The Morgan fingerprint density at radius 2 is 2.04 bits per heavy atom. The van der Waals surface area contributed by atoms with E-state index in [9.17, 15) is 4.79 Å². The van der Waals surface area contributed by atoms with Crippen molar-refractivity contribution >= 4 is 11.7 Å². The number of urea groups is 1. The zero-order chi connectivity index (χ0) is 19.5. The molecule has 2 amide bonds. The molecule has 0 radical (unpaired) electrons. The van der Waals surface area contributed by atoms with E-state index < -0.39 is 0 Å². The summed E-state index contributed by atoms with van der Waals surface area (Å²) in [7, 11) is 3.13. The molecule has 2 aromatic heterocycles. The molecule has 0 saturated carbocycles. The number of hydrogen-bond acceptors (Lipinski definition) is 5. The average molecular weight is 379 g/mol. The van der Waals surface area contributed by atoms with Crippen LogP contribution in [0.1, 0.15) is 23.1 Å². The molecule has 0 aliphatic carbocycles. The number of pyridine rings is 1. The molecule has 2 N–H and O–H groups in total. The van der Waals surface area contributed by atoms with Crippen LogP contribution in [0.2, 0.25) is 0 Å². The van der Waals surface area contributed by atoms with Gasteiger partial charge in [0.05, 0.1) is 31.9 Å². The molecule has 0 unspecified atom stereocenters. The van der Waals surface area contributed by atoms with E-state index in [1.807, 2.05) is 18.2 Å².